The van der Waals surface area contributed by atoms with Crippen molar-refractivity contribution in [2.45, 2.75) is 6.92 Å². The Hall–Kier alpha value is -3.70. The van der Waals surface area contributed by atoms with Crippen molar-refractivity contribution in [2.75, 3.05) is 34.8 Å². The molecule has 0 saturated heterocycles. The maximum absolute atomic E-state index is 11.6. The fourth-order valence-electron chi connectivity index (χ4n) is 2.73. The average molecular weight is 477 g/mol. The molecule has 0 bridgehead atoms. The molecule has 0 fully saturated rings. The van der Waals surface area contributed by atoms with Crippen LogP contribution >= 0.6 is 23.2 Å². The molecule has 3 rings (SSSR count). The van der Waals surface area contributed by atoms with Crippen molar-refractivity contribution in [3.8, 4) is 11.3 Å². The number of carbonyl (C=O) groups is 1. The second-order valence-electron chi connectivity index (χ2n) is 6.48. The van der Waals surface area contributed by atoms with E-state index < -0.39 is 4.92 Å². The minimum Gasteiger partial charge on any atom is -0.384 e. The Balaban J connectivity index is 1.76. The van der Waals surface area contributed by atoms with Crippen molar-refractivity contribution >= 4 is 58.1 Å². The first-order valence-electron chi connectivity index (χ1n) is 9.23. The third kappa shape index (κ3) is 5.71. The summed E-state index contributed by atoms with van der Waals surface area (Å²) in [5.74, 6) is 0.192. The van der Waals surface area contributed by atoms with Gasteiger partial charge in [0.1, 0.15) is 11.5 Å². The van der Waals surface area contributed by atoms with Crippen molar-refractivity contribution in [1.82, 2.24) is 15.0 Å². The molecule has 32 heavy (non-hydrogen) atoms. The smallest absolute Gasteiger partial charge is 0.311 e. The number of carbonyl (C=O) groups excluding carboxylic acids is 1. The Bertz CT molecular complexity index is 1180. The van der Waals surface area contributed by atoms with Gasteiger partial charge >= 0.3 is 5.69 Å². The molecule has 0 atom stereocenters. The number of pyridine rings is 1. The number of nitrogens with two attached hydrogens (primary N) is 1. The molecule has 0 aliphatic heterocycles. The Morgan fingerprint density at radius 2 is 1.91 bits per heavy atom. The third-order valence-corrected chi connectivity index (χ3v) is 4.63. The topological polar surface area (TPSA) is 161 Å². The Labute approximate surface area is 192 Å². The van der Waals surface area contributed by atoms with Gasteiger partial charge in [0, 0.05) is 36.7 Å². The van der Waals surface area contributed by atoms with Gasteiger partial charge in [-0.3, -0.25) is 14.9 Å². The van der Waals surface area contributed by atoms with Crippen LogP contribution in [0.1, 0.15) is 6.92 Å². The van der Waals surface area contributed by atoms with E-state index in [0.29, 0.717) is 33.5 Å². The van der Waals surface area contributed by atoms with E-state index in [1.807, 2.05) is 0 Å². The van der Waals surface area contributed by atoms with Gasteiger partial charge in [0.05, 0.1) is 21.8 Å². The second kappa shape index (κ2) is 10.1. The molecule has 13 heteroatoms. The second-order valence-corrected chi connectivity index (χ2v) is 7.32. The van der Waals surface area contributed by atoms with Crippen LogP contribution < -0.4 is 21.7 Å². The summed E-state index contributed by atoms with van der Waals surface area (Å²) in [5.41, 5.74) is 6.76. The zero-order valence-electron chi connectivity index (χ0n) is 16.7. The summed E-state index contributed by atoms with van der Waals surface area (Å²) in [6, 6.07) is 7.55. The molecular formula is C19H18Cl2N8O3. The molecule has 11 nitrogen and oxygen atoms in total. The summed E-state index contributed by atoms with van der Waals surface area (Å²) in [5, 5.41) is 20.5. The summed E-state index contributed by atoms with van der Waals surface area (Å²) in [7, 11) is 0. The largest absolute Gasteiger partial charge is 0.384 e. The average Bonchev–Trinajstić information content (AvgIpc) is 2.72. The summed E-state index contributed by atoms with van der Waals surface area (Å²) < 4.78 is 0. The zero-order valence-corrected chi connectivity index (χ0v) is 18.2. The maximum atomic E-state index is 11.6. The maximum Gasteiger partial charge on any atom is 0.311 e. The molecule has 0 aliphatic rings. The van der Waals surface area contributed by atoms with Crippen LogP contribution in [-0.2, 0) is 4.79 Å². The molecule has 0 aliphatic carbocycles. The van der Waals surface area contributed by atoms with Gasteiger partial charge < -0.3 is 21.7 Å². The molecule has 0 spiro atoms. The van der Waals surface area contributed by atoms with Crippen LogP contribution in [0.3, 0.4) is 0 Å². The fourth-order valence-corrected chi connectivity index (χ4v) is 3.23. The normalized spacial score (nSPS) is 10.5. The first-order valence-corrected chi connectivity index (χ1v) is 9.99. The van der Waals surface area contributed by atoms with Gasteiger partial charge in [-0.05, 0) is 24.3 Å². The fraction of sp³-hybridized carbons (Fsp3) is 0.158. The predicted octanol–water partition coefficient (Wildman–Crippen LogP) is 3.82. The SMILES string of the molecule is CC(=O)Nc1cnc(NCCNc2nc(N)ccc2[N+](=O)[O-])nc1-c1ccc(Cl)cc1Cl. The molecule has 1 amide bonds. The lowest BCUT2D eigenvalue weighted by Gasteiger charge is -2.13. The van der Waals surface area contributed by atoms with E-state index in [-0.39, 0.29) is 35.7 Å². The highest BCUT2D eigenvalue weighted by Gasteiger charge is 2.16. The van der Waals surface area contributed by atoms with E-state index in [1.54, 1.807) is 18.2 Å². The number of benzene rings is 1. The van der Waals surface area contributed by atoms with Crippen LogP contribution in [0.2, 0.25) is 10.0 Å². The van der Waals surface area contributed by atoms with Crippen LogP contribution in [-0.4, -0.2) is 38.9 Å². The van der Waals surface area contributed by atoms with E-state index in [1.165, 1.54) is 25.3 Å². The number of halogens is 2. The van der Waals surface area contributed by atoms with Crippen molar-refractivity contribution < 1.29 is 9.72 Å². The summed E-state index contributed by atoms with van der Waals surface area (Å²) in [4.78, 5) is 34.7. The number of hydrogen-bond donors (Lipinski definition) is 4. The van der Waals surface area contributed by atoms with E-state index in [9.17, 15) is 14.9 Å². The van der Waals surface area contributed by atoms with Crippen molar-refractivity contribution in [3.05, 3.63) is 56.7 Å². The highest BCUT2D eigenvalue weighted by atomic mass is 35.5. The van der Waals surface area contributed by atoms with Gasteiger partial charge in [-0.1, -0.05) is 23.2 Å². The standard InChI is InChI=1S/C19H18Cl2N8O3/c1-10(30)26-14-9-25-19(28-17(14)12-3-2-11(20)8-13(12)21)24-7-6-23-18-15(29(31)32)4-5-16(22)27-18/h2-5,8-9H,6-7H2,1H3,(H,26,30)(H3,22,23,27)(H,24,25,28). The van der Waals surface area contributed by atoms with Gasteiger partial charge in [0.25, 0.3) is 0 Å². The number of anilines is 4. The number of nitro groups is 1. The molecule has 2 heterocycles. The van der Waals surface area contributed by atoms with Gasteiger partial charge in [0.15, 0.2) is 0 Å². The van der Waals surface area contributed by atoms with Gasteiger partial charge in [-0.2, -0.15) is 0 Å². The van der Waals surface area contributed by atoms with Crippen molar-refractivity contribution in [1.29, 1.82) is 0 Å². The Kier molecular flexibility index (Phi) is 7.23. The highest BCUT2D eigenvalue weighted by Crippen LogP contribution is 2.34. The van der Waals surface area contributed by atoms with Crippen molar-refractivity contribution in [2.24, 2.45) is 0 Å². The first-order chi connectivity index (χ1) is 15.2. The minimum atomic E-state index is -0.547. The Morgan fingerprint density at radius 1 is 1.16 bits per heavy atom. The zero-order chi connectivity index (χ0) is 23.3. The van der Waals surface area contributed by atoms with Crippen LogP contribution in [0.5, 0.6) is 0 Å². The van der Waals surface area contributed by atoms with Gasteiger partial charge in [-0.15, -0.1) is 0 Å². The monoisotopic (exact) mass is 476 g/mol. The number of nitrogens with zero attached hydrogens (tertiary/aromatic N) is 4. The minimum absolute atomic E-state index is 0.0624. The number of hydrogen-bond acceptors (Lipinski definition) is 9. The van der Waals surface area contributed by atoms with E-state index in [2.05, 4.69) is 30.9 Å². The third-order valence-electron chi connectivity index (χ3n) is 4.08. The lowest BCUT2D eigenvalue weighted by molar-refractivity contribution is -0.384. The Morgan fingerprint density at radius 3 is 2.59 bits per heavy atom. The molecule has 0 radical (unpaired) electrons. The summed E-state index contributed by atoms with van der Waals surface area (Å²) in [6.45, 7) is 1.95. The summed E-state index contributed by atoms with van der Waals surface area (Å²) >= 11 is 12.3. The number of nitrogen functional groups attached to an aromatic ring is 1. The molecule has 166 valence electrons. The van der Waals surface area contributed by atoms with Gasteiger partial charge in [0.2, 0.25) is 17.7 Å². The van der Waals surface area contributed by atoms with Crippen LogP contribution in [0.25, 0.3) is 11.3 Å². The lowest BCUT2D eigenvalue weighted by Crippen LogP contribution is -2.17. The lowest BCUT2D eigenvalue weighted by atomic mass is 10.1. The number of nitrogens with one attached hydrogen (secondary N) is 3. The van der Waals surface area contributed by atoms with Crippen LogP contribution in [0.15, 0.2) is 36.5 Å². The molecule has 0 saturated carbocycles. The molecule has 1 aromatic carbocycles. The summed E-state index contributed by atoms with van der Waals surface area (Å²) in [6.07, 6.45) is 1.45. The molecule has 3 aromatic rings. The molecule has 5 N–H and O–H groups in total. The number of aromatic nitrogens is 3. The molecular weight excluding hydrogens is 459 g/mol. The van der Waals surface area contributed by atoms with E-state index >= 15 is 0 Å². The number of amides is 1. The molecule has 0 unspecified atom stereocenters. The predicted molar refractivity (Wildman–Crippen MR) is 124 cm³/mol. The van der Waals surface area contributed by atoms with Gasteiger partial charge in [-0.25, -0.2) is 15.0 Å². The molecule has 2 aromatic heterocycles. The van der Waals surface area contributed by atoms with E-state index in [0.717, 1.165) is 0 Å². The quantitative estimate of drug-likeness (QED) is 0.215. The van der Waals surface area contributed by atoms with Crippen molar-refractivity contribution in [3.63, 3.8) is 0 Å². The van der Waals surface area contributed by atoms with Crippen LogP contribution in [0, 0.1) is 10.1 Å². The van der Waals surface area contributed by atoms with Crippen LogP contribution in [0.4, 0.5) is 29.0 Å². The van der Waals surface area contributed by atoms with E-state index in [4.69, 9.17) is 28.9 Å². The number of rotatable bonds is 8. The highest BCUT2D eigenvalue weighted by molar-refractivity contribution is 6.36. The first kappa shape index (κ1) is 23.0.